The zero-order valence-corrected chi connectivity index (χ0v) is 14.5. The molecule has 0 saturated heterocycles. The lowest BCUT2D eigenvalue weighted by Gasteiger charge is -2.14. The van der Waals surface area contributed by atoms with Crippen LogP contribution in [0.4, 0.5) is 5.69 Å². The summed E-state index contributed by atoms with van der Waals surface area (Å²) in [5.41, 5.74) is 3.05. The van der Waals surface area contributed by atoms with Crippen molar-refractivity contribution in [2.45, 2.75) is 19.8 Å². The van der Waals surface area contributed by atoms with Gasteiger partial charge in [-0.05, 0) is 50.2 Å². The zero-order chi connectivity index (χ0) is 18.1. The standard InChI is InChI=1S/C20H17N3O3/c1-3-25-14-7-5-13(6-8-14)19-22-20(26-23-19)16-11-21-17-9-4-12(2)10-15(17)18(16)24/h4-11,16H,3H2,1-2H3. The van der Waals surface area contributed by atoms with E-state index in [4.69, 9.17) is 9.26 Å². The van der Waals surface area contributed by atoms with Crippen LogP contribution in [-0.4, -0.2) is 28.7 Å². The van der Waals surface area contributed by atoms with Crippen LogP contribution in [-0.2, 0) is 0 Å². The largest absolute Gasteiger partial charge is 0.494 e. The Balaban J connectivity index is 1.61. The first-order valence-corrected chi connectivity index (χ1v) is 8.41. The second-order valence-corrected chi connectivity index (χ2v) is 6.05. The van der Waals surface area contributed by atoms with E-state index in [1.807, 2.05) is 56.3 Å². The van der Waals surface area contributed by atoms with Gasteiger partial charge in [0.05, 0.1) is 12.3 Å². The average Bonchev–Trinajstić information content (AvgIpc) is 3.13. The Hall–Kier alpha value is -3.28. The number of benzene rings is 2. The lowest BCUT2D eigenvalue weighted by atomic mass is 9.93. The molecule has 1 unspecified atom stereocenters. The highest BCUT2D eigenvalue weighted by molar-refractivity contribution is 6.15. The number of ketones is 1. The van der Waals surface area contributed by atoms with E-state index in [0.717, 1.165) is 16.9 Å². The van der Waals surface area contributed by atoms with Gasteiger partial charge in [0.25, 0.3) is 0 Å². The summed E-state index contributed by atoms with van der Waals surface area (Å²) in [4.78, 5) is 21.6. The minimum Gasteiger partial charge on any atom is -0.494 e. The fraction of sp³-hybridized carbons (Fsp3) is 0.200. The molecule has 0 amide bonds. The Kier molecular flexibility index (Phi) is 4.08. The Labute approximate surface area is 150 Å². The molecule has 4 rings (SSSR count). The number of rotatable bonds is 4. The quantitative estimate of drug-likeness (QED) is 0.709. The van der Waals surface area contributed by atoms with Gasteiger partial charge < -0.3 is 9.26 Å². The van der Waals surface area contributed by atoms with E-state index in [2.05, 4.69) is 15.1 Å². The van der Waals surface area contributed by atoms with Crippen molar-refractivity contribution in [1.29, 1.82) is 0 Å². The van der Waals surface area contributed by atoms with Crippen LogP contribution in [0.2, 0.25) is 0 Å². The van der Waals surface area contributed by atoms with E-state index < -0.39 is 5.92 Å². The third-order valence-corrected chi connectivity index (χ3v) is 4.19. The molecule has 0 N–H and O–H groups in total. The molecule has 130 valence electrons. The third kappa shape index (κ3) is 2.90. The number of aryl methyl sites for hydroxylation is 1. The van der Waals surface area contributed by atoms with Crippen LogP contribution < -0.4 is 4.74 Å². The summed E-state index contributed by atoms with van der Waals surface area (Å²) in [6.07, 6.45) is 1.56. The zero-order valence-electron chi connectivity index (χ0n) is 14.5. The number of nitrogens with zero attached hydrogens (tertiary/aromatic N) is 3. The van der Waals surface area contributed by atoms with E-state index in [-0.39, 0.29) is 11.7 Å². The van der Waals surface area contributed by atoms with E-state index >= 15 is 0 Å². The Morgan fingerprint density at radius 3 is 2.73 bits per heavy atom. The highest BCUT2D eigenvalue weighted by Crippen LogP contribution is 2.31. The van der Waals surface area contributed by atoms with Crippen molar-refractivity contribution in [1.82, 2.24) is 10.1 Å². The predicted molar refractivity (Wildman–Crippen MR) is 97.3 cm³/mol. The van der Waals surface area contributed by atoms with Crippen molar-refractivity contribution in [3.05, 3.63) is 59.5 Å². The van der Waals surface area contributed by atoms with E-state index in [1.165, 1.54) is 0 Å². The molecule has 6 nitrogen and oxygen atoms in total. The molecule has 1 aliphatic heterocycles. The summed E-state index contributed by atoms with van der Waals surface area (Å²) in [5.74, 6) is 0.712. The molecular weight excluding hydrogens is 330 g/mol. The number of Topliss-reactive ketones (excluding diaryl/α,β-unsaturated/α-hetero) is 1. The monoisotopic (exact) mass is 347 g/mol. The molecule has 0 spiro atoms. The van der Waals surface area contributed by atoms with Crippen molar-refractivity contribution in [3.8, 4) is 17.1 Å². The van der Waals surface area contributed by atoms with Crippen molar-refractivity contribution >= 4 is 17.7 Å². The molecule has 0 fully saturated rings. The van der Waals surface area contributed by atoms with E-state index in [9.17, 15) is 4.79 Å². The van der Waals surface area contributed by atoms with Gasteiger partial charge in [0, 0.05) is 17.3 Å². The smallest absolute Gasteiger partial charge is 0.243 e. The highest BCUT2D eigenvalue weighted by Gasteiger charge is 2.31. The highest BCUT2D eigenvalue weighted by atomic mass is 16.5. The number of carbonyl (C=O) groups excluding carboxylic acids is 1. The number of fused-ring (bicyclic) bond motifs is 1. The molecule has 1 aromatic heterocycles. The molecule has 2 heterocycles. The van der Waals surface area contributed by atoms with Gasteiger partial charge in [-0.25, -0.2) is 0 Å². The van der Waals surface area contributed by atoms with Crippen molar-refractivity contribution in [2.24, 2.45) is 4.99 Å². The van der Waals surface area contributed by atoms with E-state index in [0.29, 0.717) is 23.7 Å². The summed E-state index contributed by atoms with van der Waals surface area (Å²) in [6.45, 7) is 4.48. The lowest BCUT2D eigenvalue weighted by molar-refractivity contribution is 0.0971. The van der Waals surface area contributed by atoms with Crippen LogP contribution in [0.15, 0.2) is 52.0 Å². The molecule has 0 saturated carbocycles. The van der Waals surface area contributed by atoms with Crippen molar-refractivity contribution in [2.75, 3.05) is 6.61 Å². The van der Waals surface area contributed by atoms with Crippen LogP contribution >= 0.6 is 0 Å². The summed E-state index contributed by atoms with van der Waals surface area (Å²) in [5, 5.41) is 4.00. The van der Waals surface area contributed by atoms with Crippen molar-refractivity contribution < 1.29 is 14.1 Å². The number of hydrogen-bond acceptors (Lipinski definition) is 6. The normalized spacial score (nSPS) is 15.8. The van der Waals surface area contributed by atoms with Crippen LogP contribution in [0.5, 0.6) is 5.75 Å². The van der Waals surface area contributed by atoms with Gasteiger partial charge >= 0.3 is 0 Å². The second-order valence-electron chi connectivity index (χ2n) is 6.05. The maximum Gasteiger partial charge on any atom is 0.243 e. The van der Waals surface area contributed by atoms with Gasteiger partial charge in [-0.15, -0.1) is 0 Å². The number of aromatic nitrogens is 2. The Morgan fingerprint density at radius 1 is 1.15 bits per heavy atom. The number of ether oxygens (including phenoxy) is 1. The maximum atomic E-state index is 12.8. The molecule has 6 heteroatoms. The SMILES string of the molecule is CCOc1ccc(-c2noc(C3C=Nc4ccc(C)cc4C3=O)n2)cc1. The fourth-order valence-electron chi connectivity index (χ4n) is 2.87. The first kappa shape index (κ1) is 16.2. The first-order chi connectivity index (χ1) is 12.7. The number of carbonyl (C=O) groups is 1. The molecule has 0 bridgehead atoms. The van der Waals surface area contributed by atoms with Gasteiger partial charge in [-0.2, -0.15) is 4.98 Å². The van der Waals surface area contributed by atoms with Gasteiger partial charge in [-0.1, -0.05) is 16.8 Å². The minimum absolute atomic E-state index is 0.0828. The molecule has 3 aromatic rings. The molecular formula is C20H17N3O3. The second kappa shape index (κ2) is 6.55. The average molecular weight is 347 g/mol. The molecule has 1 aliphatic rings. The first-order valence-electron chi connectivity index (χ1n) is 8.41. The maximum absolute atomic E-state index is 12.8. The van der Waals surface area contributed by atoms with E-state index in [1.54, 1.807) is 6.21 Å². The van der Waals surface area contributed by atoms with Crippen molar-refractivity contribution in [3.63, 3.8) is 0 Å². The van der Waals surface area contributed by atoms with Crippen LogP contribution in [0.1, 0.15) is 34.7 Å². The van der Waals surface area contributed by atoms with Crippen LogP contribution in [0.25, 0.3) is 11.4 Å². The summed E-state index contributed by atoms with van der Waals surface area (Å²) < 4.78 is 10.8. The van der Waals surface area contributed by atoms with Crippen LogP contribution in [0, 0.1) is 6.92 Å². The Morgan fingerprint density at radius 2 is 1.96 bits per heavy atom. The minimum atomic E-state index is -0.659. The molecule has 2 aromatic carbocycles. The number of hydrogen-bond donors (Lipinski definition) is 0. The summed E-state index contributed by atoms with van der Waals surface area (Å²) >= 11 is 0. The summed E-state index contributed by atoms with van der Waals surface area (Å²) in [6, 6.07) is 13.0. The summed E-state index contributed by atoms with van der Waals surface area (Å²) in [7, 11) is 0. The van der Waals surface area contributed by atoms with Gasteiger partial charge in [-0.3, -0.25) is 9.79 Å². The lowest BCUT2D eigenvalue weighted by Crippen LogP contribution is -2.18. The van der Waals surface area contributed by atoms with Gasteiger partial charge in [0.15, 0.2) is 5.78 Å². The molecule has 1 atom stereocenters. The number of aliphatic imine (C=N–C) groups is 1. The topological polar surface area (TPSA) is 77.6 Å². The molecule has 0 radical (unpaired) electrons. The fourth-order valence-corrected chi connectivity index (χ4v) is 2.87. The molecule has 0 aliphatic carbocycles. The van der Waals surface area contributed by atoms with Gasteiger partial charge in [0.2, 0.25) is 11.7 Å². The Bertz CT molecular complexity index is 990. The van der Waals surface area contributed by atoms with Crippen LogP contribution in [0.3, 0.4) is 0 Å². The third-order valence-electron chi connectivity index (χ3n) is 4.19. The predicted octanol–water partition coefficient (Wildman–Crippen LogP) is 4.13. The van der Waals surface area contributed by atoms with Gasteiger partial charge in [0.1, 0.15) is 11.7 Å². The molecule has 26 heavy (non-hydrogen) atoms.